The fourth-order valence-corrected chi connectivity index (χ4v) is 6.60. The number of ether oxygens (including phenoxy) is 1. The fourth-order valence-electron chi connectivity index (χ4n) is 4.89. The van der Waals surface area contributed by atoms with E-state index < -0.39 is 10.0 Å². The maximum Gasteiger partial charge on any atom is 0.243 e. The van der Waals surface area contributed by atoms with Crippen LogP contribution in [0.4, 0.5) is 15.9 Å². The first kappa shape index (κ1) is 24.9. The van der Waals surface area contributed by atoms with Crippen molar-refractivity contribution >= 4 is 60.8 Å². The quantitative estimate of drug-likeness (QED) is 0.368. The number of rotatable bonds is 4. The molecule has 2 aromatic heterocycles. The highest BCUT2D eigenvalue weighted by Crippen LogP contribution is 2.32. The molecule has 2 saturated heterocycles. The van der Waals surface area contributed by atoms with Crippen molar-refractivity contribution in [2.24, 2.45) is 0 Å². The summed E-state index contributed by atoms with van der Waals surface area (Å²) in [7, 11) is -3.54. The van der Waals surface area contributed by atoms with E-state index in [1.165, 1.54) is 22.8 Å². The number of aromatic nitrogens is 3. The van der Waals surface area contributed by atoms with Gasteiger partial charge in [-0.1, -0.05) is 0 Å². The standard InChI is InChI=1S/C25H26FN7O3S2/c26-17-1-6-20-21(15-17)30-23-22(20)24(28-16-27-23)31-7-9-32(10-8-31)25(37)29-18-2-4-19(5-3-18)38(34,35)33-11-13-36-14-12-33/h1-6,15-16H,7-14H2,(H,29,37)(H,27,28,30). The molecule has 4 aromatic rings. The SMILES string of the molecule is O=S(=O)(c1ccc(NC(=S)N2CCN(c3ncnc4[nH]c5cc(F)ccc5c34)CC2)cc1)N1CCOCC1. The lowest BCUT2D eigenvalue weighted by molar-refractivity contribution is 0.0730. The van der Waals surface area contributed by atoms with E-state index in [2.05, 4.69) is 30.1 Å². The van der Waals surface area contributed by atoms with Crippen LogP contribution in [0, 0.1) is 5.82 Å². The van der Waals surface area contributed by atoms with E-state index in [9.17, 15) is 12.8 Å². The second-order valence-corrected chi connectivity index (χ2v) is 11.5. The van der Waals surface area contributed by atoms with Gasteiger partial charge in [-0.3, -0.25) is 0 Å². The third kappa shape index (κ3) is 4.66. The summed E-state index contributed by atoms with van der Waals surface area (Å²) in [6, 6.07) is 11.3. The second kappa shape index (κ2) is 10.1. The molecular formula is C25H26FN7O3S2. The van der Waals surface area contributed by atoms with Gasteiger partial charge in [0.05, 0.1) is 29.0 Å². The number of anilines is 2. The van der Waals surface area contributed by atoms with Crippen molar-refractivity contribution in [3.8, 4) is 0 Å². The molecule has 2 fully saturated rings. The molecule has 2 aliphatic heterocycles. The lowest BCUT2D eigenvalue weighted by atomic mass is 10.2. The molecule has 198 valence electrons. The van der Waals surface area contributed by atoms with Gasteiger partial charge in [0.2, 0.25) is 10.0 Å². The lowest BCUT2D eigenvalue weighted by Crippen LogP contribution is -2.50. The number of nitrogens with zero attached hydrogens (tertiary/aromatic N) is 5. The Kier molecular flexibility index (Phi) is 6.60. The normalized spacial score (nSPS) is 17.3. The van der Waals surface area contributed by atoms with Crippen LogP contribution in [0.3, 0.4) is 0 Å². The molecule has 0 amide bonds. The summed E-state index contributed by atoms with van der Waals surface area (Å²) in [4.78, 5) is 16.6. The Morgan fingerprint density at radius 1 is 1.00 bits per heavy atom. The van der Waals surface area contributed by atoms with Gasteiger partial charge in [-0.15, -0.1) is 0 Å². The first-order chi connectivity index (χ1) is 18.4. The first-order valence-corrected chi connectivity index (χ1v) is 14.2. The summed E-state index contributed by atoms with van der Waals surface area (Å²) in [6.45, 7) is 4.27. The molecule has 0 saturated carbocycles. The summed E-state index contributed by atoms with van der Waals surface area (Å²) in [6.07, 6.45) is 1.52. The molecule has 0 aliphatic carbocycles. The Hall–Kier alpha value is -3.39. The van der Waals surface area contributed by atoms with E-state index in [-0.39, 0.29) is 10.7 Å². The number of aromatic amines is 1. The van der Waals surface area contributed by atoms with E-state index in [4.69, 9.17) is 17.0 Å². The van der Waals surface area contributed by atoms with E-state index in [0.29, 0.717) is 68.8 Å². The number of morpholine rings is 1. The zero-order chi connectivity index (χ0) is 26.3. The Bertz CT molecular complexity index is 1600. The van der Waals surface area contributed by atoms with Crippen LogP contribution in [0.25, 0.3) is 21.9 Å². The number of thiocarbonyl (C=S) groups is 1. The average molecular weight is 556 g/mol. The number of hydrogen-bond acceptors (Lipinski definition) is 7. The number of hydrogen-bond donors (Lipinski definition) is 2. The van der Waals surface area contributed by atoms with Gasteiger partial charge >= 0.3 is 0 Å². The Balaban J connectivity index is 1.11. The van der Waals surface area contributed by atoms with Crippen LogP contribution < -0.4 is 10.2 Å². The number of halogens is 1. The van der Waals surface area contributed by atoms with Crippen LogP contribution in [0.1, 0.15) is 0 Å². The molecule has 2 aromatic carbocycles. The van der Waals surface area contributed by atoms with Crippen LogP contribution >= 0.6 is 12.2 Å². The number of nitrogens with one attached hydrogen (secondary N) is 2. The summed E-state index contributed by atoms with van der Waals surface area (Å²) >= 11 is 5.65. The Labute approximate surface area is 224 Å². The van der Waals surface area contributed by atoms with Crippen molar-refractivity contribution in [1.29, 1.82) is 0 Å². The third-order valence-electron chi connectivity index (χ3n) is 6.91. The van der Waals surface area contributed by atoms with Crippen LogP contribution in [0.2, 0.25) is 0 Å². The van der Waals surface area contributed by atoms with Crippen molar-refractivity contribution in [3.05, 3.63) is 54.6 Å². The maximum atomic E-state index is 13.7. The summed E-state index contributed by atoms with van der Waals surface area (Å²) in [5, 5.41) is 5.56. The summed E-state index contributed by atoms with van der Waals surface area (Å²) in [5.74, 6) is 0.505. The molecule has 0 spiro atoms. The Morgan fingerprint density at radius 3 is 2.47 bits per heavy atom. The van der Waals surface area contributed by atoms with Crippen LogP contribution in [0.5, 0.6) is 0 Å². The maximum absolute atomic E-state index is 13.7. The molecule has 6 rings (SSSR count). The highest BCUT2D eigenvalue weighted by atomic mass is 32.2. The molecule has 2 aliphatic rings. The summed E-state index contributed by atoms with van der Waals surface area (Å²) < 4.78 is 46.1. The third-order valence-corrected chi connectivity index (χ3v) is 9.18. The van der Waals surface area contributed by atoms with Crippen molar-refractivity contribution in [3.63, 3.8) is 0 Å². The highest BCUT2D eigenvalue weighted by molar-refractivity contribution is 7.89. The van der Waals surface area contributed by atoms with Gasteiger partial charge in [-0.25, -0.2) is 22.8 Å². The van der Waals surface area contributed by atoms with Gasteiger partial charge < -0.3 is 24.8 Å². The summed E-state index contributed by atoms with van der Waals surface area (Å²) in [5.41, 5.74) is 2.09. The van der Waals surface area contributed by atoms with E-state index in [1.807, 2.05) is 0 Å². The van der Waals surface area contributed by atoms with Crippen LogP contribution in [0.15, 0.2) is 53.7 Å². The Morgan fingerprint density at radius 2 is 1.74 bits per heavy atom. The molecule has 10 nitrogen and oxygen atoms in total. The lowest BCUT2D eigenvalue weighted by Gasteiger charge is -2.37. The molecule has 0 unspecified atom stereocenters. The molecule has 0 atom stereocenters. The topological polar surface area (TPSA) is 107 Å². The zero-order valence-corrected chi connectivity index (χ0v) is 22.1. The number of piperazine rings is 1. The number of sulfonamides is 1. The van der Waals surface area contributed by atoms with Crippen molar-refractivity contribution in [2.75, 3.05) is 62.7 Å². The van der Waals surface area contributed by atoms with Gasteiger partial charge in [0.1, 0.15) is 23.6 Å². The van der Waals surface area contributed by atoms with Gasteiger partial charge in [0, 0.05) is 50.3 Å². The van der Waals surface area contributed by atoms with Crippen molar-refractivity contribution < 1.29 is 17.5 Å². The van der Waals surface area contributed by atoms with E-state index in [0.717, 1.165) is 22.3 Å². The van der Waals surface area contributed by atoms with Gasteiger partial charge in [-0.2, -0.15) is 4.31 Å². The van der Waals surface area contributed by atoms with Crippen molar-refractivity contribution in [2.45, 2.75) is 4.90 Å². The monoisotopic (exact) mass is 555 g/mol. The predicted molar refractivity (Wildman–Crippen MR) is 147 cm³/mol. The fraction of sp³-hybridized carbons (Fsp3) is 0.320. The minimum absolute atomic E-state index is 0.251. The van der Waals surface area contributed by atoms with Gasteiger partial charge in [0.15, 0.2) is 5.11 Å². The molecule has 38 heavy (non-hydrogen) atoms. The minimum Gasteiger partial charge on any atom is -0.379 e. The first-order valence-electron chi connectivity index (χ1n) is 12.3. The van der Waals surface area contributed by atoms with E-state index in [1.54, 1.807) is 30.3 Å². The second-order valence-electron chi connectivity index (χ2n) is 9.18. The molecular weight excluding hydrogens is 529 g/mol. The van der Waals surface area contributed by atoms with E-state index >= 15 is 0 Å². The molecule has 13 heteroatoms. The van der Waals surface area contributed by atoms with Crippen LogP contribution in [-0.2, 0) is 14.8 Å². The smallest absolute Gasteiger partial charge is 0.243 e. The molecule has 4 heterocycles. The molecule has 0 radical (unpaired) electrons. The predicted octanol–water partition coefficient (Wildman–Crippen LogP) is 2.79. The van der Waals surface area contributed by atoms with Gasteiger partial charge in [0.25, 0.3) is 0 Å². The number of H-pyrrole nitrogens is 1. The van der Waals surface area contributed by atoms with Gasteiger partial charge in [-0.05, 0) is 54.7 Å². The minimum atomic E-state index is -3.54. The molecule has 2 N–H and O–H groups in total. The zero-order valence-electron chi connectivity index (χ0n) is 20.4. The van der Waals surface area contributed by atoms with Crippen LogP contribution in [-0.4, -0.2) is 90.2 Å². The largest absolute Gasteiger partial charge is 0.379 e. The van der Waals surface area contributed by atoms with Crippen molar-refractivity contribution in [1.82, 2.24) is 24.2 Å². The number of benzene rings is 2. The molecule has 0 bridgehead atoms. The average Bonchev–Trinajstić information content (AvgIpc) is 3.31. The number of fused-ring (bicyclic) bond motifs is 3. The highest BCUT2D eigenvalue weighted by Gasteiger charge is 2.27.